The quantitative estimate of drug-likeness (QED) is 0.767. The second-order valence-electron chi connectivity index (χ2n) is 5.82. The third-order valence-corrected chi connectivity index (χ3v) is 6.12. The highest BCUT2D eigenvalue weighted by Crippen LogP contribution is 2.43. The zero-order valence-corrected chi connectivity index (χ0v) is 13.9. The number of halogens is 2. The predicted molar refractivity (Wildman–Crippen MR) is 88.1 cm³/mol. The van der Waals surface area contributed by atoms with E-state index in [0.29, 0.717) is 9.89 Å². The molecule has 1 heterocycles. The molecule has 3 rings (SSSR count). The van der Waals surface area contributed by atoms with Crippen molar-refractivity contribution >= 4 is 38.5 Å². The summed E-state index contributed by atoms with van der Waals surface area (Å²) in [5, 5.41) is 4.20. The Bertz CT molecular complexity index is 553. The van der Waals surface area contributed by atoms with Crippen LogP contribution in [0.1, 0.15) is 31.2 Å². The maximum atomic E-state index is 13.6. The molecule has 2 aliphatic rings. The van der Waals surface area contributed by atoms with Crippen LogP contribution in [0.3, 0.4) is 0 Å². The highest BCUT2D eigenvalue weighted by Gasteiger charge is 2.36. The van der Waals surface area contributed by atoms with Gasteiger partial charge in [-0.2, -0.15) is 0 Å². The van der Waals surface area contributed by atoms with E-state index in [1.165, 1.54) is 31.7 Å². The summed E-state index contributed by atoms with van der Waals surface area (Å²) >= 11 is 4.99. The highest BCUT2D eigenvalue weighted by atomic mass is 79.9. The molecule has 0 saturated heterocycles. The van der Waals surface area contributed by atoms with Crippen LogP contribution in [0.5, 0.6) is 0 Å². The van der Waals surface area contributed by atoms with Gasteiger partial charge in [-0.1, -0.05) is 24.6 Å². The van der Waals surface area contributed by atoms with Gasteiger partial charge in [0.2, 0.25) is 0 Å². The summed E-state index contributed by atoms with van der Waals surface area (Å²) in [6, 6.07) is 3.33. The van der Waals surface area contributed by atoms with E-state index >= 15 is 0 Å². The summed E-state index contributed by atoms with van der Waals surface area (Å²) in [6.45, 7) is 2.89. The number of nitrogens with zero attached hydrogens (tertiary/aromatic N) is 1. The maximum absolute atomic E-state index is 13.6. The SMILES string of the molecule is Cc1cc(Br)c(F)cc1NC1=NCC2(CCCC2)CS1. The van der Waals surface area contributed by atoms with Gasteiger partial charge in [-0.25, -0.2) is 4.39 Å². The smallest absolute Gasteiger partial charge is 0.161 e. The first-order chi connectivity index (χ1) is 9.58. The summed E-state index contributed by atoms with van der Waals surface area (Å²) in [7, 11) is 0. The average molecular weight is 357 g/mol. The van der Waals surface area contributed by atoms with Crippen LogP contribution >= 0.6 is 27.7 Å². The number of hydrogen-bond acceptors (Lipinski definition) is 3. The molecule has 0 radical (unpaired) electrons. The van der Waals surface area contributed by atoms with Gasteiger partial charge in [0, 0.05) is 18.0 Å². The first-order valence-electron chi connectivity index (χ1n) is 6.98. The van der Waals surface area contributed by atoms with Crippen LogP contribution in [0.2, 0.25) is 0 Å². The van der Waals surface area contributed by atoms with E-state index in [4.69, 9.17) is 0 Å². The van der Waals surface area contributed by atoms with Gasteiger partial charge in [-0.3, -0.25) is 4.99 Å². The van der Waals surface area contributed by atoms with Gasteiger partial charge in [0.1, 0.15) is 5.82 Å². The van der Waals surface area contributed by atoms with Gasteiger partial charge in [0.25, 0.3) is 0 Å². The molecule has 1 aliphatic heterocycles. The van der Waals surface area contributed by atoms with Crippen molar-refractivity contribution < 1.29 is 4.39 Å². The van der Waals surface area contributed by atoms with E-state index in [1.54, 1.807) is 17.8 Å². The van der Waals surface area contributed by atoms with Crippen LogP contribution in [-0.2, 0) is 0 Å². The lowest BCUT2D eigenvalue weighted by molar-refractivity contribution is 0.359. The van der Waals surface area contributed by atoms with Gasteiger partial charge >= 0.3 is 0 Å². The minimum Gasteiger partial charge on any atom is -0.335 e. The van der Waals surface area contributed by atoms with E-state index in [1.807, 2.05) is 6.92 Å². The lowest BCUT2D eigenvalue weighted by Gasteiger charge is -2.31. The fraction of sp³-hybridized carbons (Fsp3) is 0.533. The number of rotatable bonds is 1. The molecule has 0 unspecified atom stereocenters. The molecule has 1 N–H and O–H groups in total. The van der Waals surface area contributed by atoms with Crippen molar-refractivity contribution in [3.05, 3.63) is 28.0 Å². The van der Waals surface area contributed by atoms with Crippen molar-refractivity contribution in [3.63, 3.8) is 0 Å². The van der Waals surface area contributed by atoms with Crippen molar-refractivity contribution in [1.82, 2.24) is 0 Å². The zero-order chi connectivity index (χ0) is 14.2. The second kappa shape index (κ2) is 5.68. The summed E-state index contributed by atoms with van der Waals surface area (Å²) in [4.78, 5) is 4.69. The molecule has 20 heavy (non-hydrogen) atoms. The highest BCUT2D eigenvalue weighted by molar-refractivity contribution is 9.10. The number of aryl methyl sites for hydroxylation is 1. The van der Waals surface area contributed by atoms with E-state index in [2.05, 4.69) is 26.2 Å². The molecule has 1 aromatic rings. The average Bonchev–Trinajstić information content (AvgIpc) is 2.87. The Hall–Kier alpha value is -0.550. The fourth-order valence-corrected chi connectivity index (χ4v) is 4.57. The number of anilines is 1. The summed E-state index contributed by atoms with van der Waals surface area (Å²) in [5.41, 5.74) is 2.26. The van der Waals surface area contributed by atoms with Gasteiger partial charge in [-0.05, 0) is 58.8 Å². The van der Waals surface area contributed by atoms with Gasteiger partial charge < -0.3 is 5.32 Å². The largest absolute Gasteiger partial charge is 0.335 e. The Morgan fingerprint density at radius 3 is 2.75 bits per heavy atom. The molecular formula is C15H18BrFN2S. The number of amidine groups is 1. The first kappa shape index (κ1) is 14.4. The first-order valence-corrected chi connectivity index (χ1v) is 8.76. The van der Waals surface area contributed by atoms with Crippen LogP contribution in [0, 0.1) is 18.2 Å². The number of benzene rings is 1. The molecule has 0 aromatic heterocycles. The van der Waals surface area contributed by atoms with Crippen LogP contribution in [0.4, 0.5) is 10.1 Å². The van der Waals surface area contributed by atoms with Gasteiger partial charge in [0.05, 0.1) is 4.47 Å². The van der Waals surface area contributed by atoms with Crippen molar-refractivity contribution in [1.29, 1.82) is 0 Å². The lowest BCUT2D eigenvalue weighted by Crippen LogP contribution is -2.30. The zero-order valence-electron chi connectivity index (χ0n) is 11.5. The van der Waals surface area contributed by atoms with Crippen molar-refractivity contribution in [2.45, 2.75) is 32.6 Å². The number of aliphatic imine (C=N–C) groups is 1. The number of thioether (sulfide) groups is 1. The molecule has 1 spiro atoms. The molecule has 1 aromatic carbocycles. The fourth-order valence-electron chi connectivity index (χ4n) is 2.95. The van der Waals surface area contributed by atoms with Gasteiger partial charge in [-0.15, -0.1) is 0 Å². The van der Waals surface area contributed by atoms with Crippen LogP contribution in [-0.4, -0.2) is 17.5 Å². The summed E-state index contributed by atoms with van der Waals surface area (Å²) in [6.07, 6.45) is 5.30. The molecule has 2 nitrogen and oxygen atoms in total. The number of nitrogens with one attached hydrogen (secondary N) is 1. The minimum atomic E-state index is -0.244. The molecule has 5 heteroatoms. The molecule has 1 saturated carbocycles. The van der Waals surface area contributed by atoms with E-state index in [0.717, 1.165) is 28.7 Å². The van der Waals surface area contributed by atoms with Crippen LogP contribution in [0.15, 0.2) is 21.6 Å². The molecule has 0 bridgehead atoms. The van der Waals surface area contributed by atoms with Crippen molar-refractivity contribution in [2.75, 3.05) is 17.6 Å². The molecule has 1 fully saturated rings. The Morgan fingerprint density at radius 2 is 2.10 bits per heavy atom. The van der Waals surface area contributed by atoms with E-state index in [-0.39, 0.29) is 5.82 Å². The lowest BCUT2D eigenvalue weighted by atomic mass is 9.89. The molecule has 108 valence electrons. The molecule has 0 amide bonds. The Balaban J connectivity index is 1.73. The Kier molecular flexibility index (Phi) is 4.09. The summed E-state index contributed by atoms with van der Waals surface area (Å²) < 4.78 is 14.1. The monoisotopic (exact) mass is 356 g/mol. The molecule has 1 aliphatic carbocycles. The maximum Gasteiger partial charge on any atom is 0.161 e. The Morgan fingerprint density at radius 1 is 1.35 bits per heavy atom. The van der Waals surface area contributed by atoms with Crippen molar-refractivity contribution in [3.8, 4) is 0 Å². The van der Waals surface area contributed by atoms with E-state index in [9.17, 15) is 4.39 Å². The summed E-state index contributed by atoms with van der Waals surface area (Å²) in [5.74, 6) is 0.892. The van der Waals surface area contributed by atoms with Crippen LogP contribution < -0.4 is 5.32 Å². The standard InChI is InChI=1S/C15H18BrFN2S/c1-10-6-11(16)12(17)7-13(10)19-14-18-8-15(9-20-14)4-2-3-5-15/h6-7H,2-5,8-9H2,1H3,(H,18,19). The molecular weight excluding hydrogens is 339 g/mol. The minimum absolute atomic E-state index is 0.244. The van der Waals surface area contributed by atoms with E-state index < -0.39 is 0 Å². The third-order valence-electron chi connectivity index (χ3n) is 4.25. The predicted octanol–water partition coefficient (Wildman–Crippen LogP) is 4.97. The number of hydrogen-bond donors (Lipinski definition) is 1. The topological polar surface area (TPSA) is 24.4 Å². The normalized spacial score (nSPS) is 21.1. The third kappa shape index (κ3) is 2.89. The van der Waals surface area contributed by atoms with Crippen LogP contribution in [0.25, 0.3) is 0 Å². The molecule has 0 atom stereocenters. The second-order valence-corrected chi connectivity index (χ2v) is 7.64. The Labute approximate surface area is 131 Å². The van der Waals surface area contributed by atoms with Crippen molar-refractivity contribution in [2.24, 2.45) is 10.4 Å². The van der Waals surface area contributed by atoms with Gasteiger partial charge in [0.15, 0.2) is 5.17 Å².